The summed E-state index contributed by atoms with van der Waals surface area (Å²) in [5.41, 5.74) is 3.88. The zero-order chi connectivity index (χ0) is 18.5. The molecule has 3 aromatic rings. The fourth-order valence-electron chi connectivity index (χ4n) is 2.99. The molecule has 0 radical (unpaired) electrons. The Labute approximate surface area is 157 Å². The third kappa shape index (κ3) is 4.49. The molecule has 0 saturated heterocycles. The minimum absolute atomic E-state index is 0.0177. The Morgan fingerprint density at radius 3 is 2.50 bits per heavy atom. The topological polar surface area (TPSA) is 58.2 Å². The molecule has 0 unspecified atom stereocenters. The molecule has 26 heavy (non-hydrogen) atoms. The molecular formula is C21H22N2O2S. The predicted molar refractivity (Wildman–Crippen MR) is 107 cm³/mol. The van der Waals surface area contributed by atoms with Crippen molar-refractivity contribution in [3.8, 4) is 0 Å². The Bertz CT molecular complexity index is 926. The molecule has 3 rings (SSSR count). The van der Waals surface area contributed by atoms with Gasteiger partial charge in [-0.15, -0.1) is 11.3 Å². The van der Waals surface area contributed by atoms with E-state index in [4.69, 9.17) is 0 Å². The van der Waals surface area contributed by atoms with Crippen LogP contribution in [0.25, 0.3) is 10.1 Å². The van der Waals surface area contributed by atoms with Crippen LogP contribution in [0.15, 0.2) is 47.8 Å². The lowest BCUT2D eigenvalue weighted by Crippen LogP contribution is -2.37. The van der Waals surface area contributed by atoms with Crippen molar-refractivity contribution in [1.82, 2.24) is 10.6 Å². The summed E-state index contributed by atoms with van der Waals surface area (Å²) in [6.07, 6.45) is 0.779. The summed E-state index contributed by atoms with van der Waals surface area (Å²) in [7, 11) is 0. The molecule has 2 N–H and O–H groups in total. The first-order valence-electron chi connectivity index (χ1n) is 8.61. The summed E-state index contributed by atoms with van der Waals surface area (Å²) in [4.78, 5) is 24.2. The van der Waals surface area contributed by atoms with Gasteiger partial charge in [-0.1, -0.05) is 35.4 Å². The molecule has 0 fully saturated rings. The Morgan fingerprint density at radius 2 is 1.73 bits per heavy atom. The Hall–Kier alpha value is -2.66. The van der Waals surface area contributed by atoms with Crippen LogP contribution in [0.1, 0.15) is 27.0 Å². The summed E-state index contributed by atoms with van der Waals surface area (Å²) in [5.74, 6) is -0.405. The molecule has 2 amide bonds. The van der Waals surface area contributed by atoms with Crippen molar-refractivity contribution in [2.45, 2.75) is 20.3 Å². The lowest BCUT2D eigenvalue weighted by molar-refractivity contribution is -0.120. The molecule has 0 aliphatic heterocycles. The lowest BCUT2D eigenvalue weighted by atomic mass is 10.1. The summed E-state index contributed by atoms with van der Waals surface area (Å²) in [6.45, 7) is 4.43. The fourth-order valence-corrected chi connectivity index (χ4v) is 3.99. The molecule has 1 heterocycles. The van der Waals surface area contributed by atoms with E-state index < -0.39 is 0 Å². The van der Waals surface area contributed by atoms with E-state index in [0.29, 0.717) is 12.1 Å². The monoisotopic (exact) mass is 366 g/mol. The molecule has 0 aliphatic rings. The van der Waals surface area contributed by atoms with Crippen LogP contribution in [0.5, 0.6) is 0 Å². The molecule has 0 atom stereocenters. The van der Waals surface area contributed by atoms with E-state index in [0.717, 1.165) is 17.5 Å². The molecule has 2 aromatic carbocycles. The van der Waals surface area contributed by atoms with E-state index in [9.17, 15) is 9.59 Å². The first kappa shape index (κ1) is 18.1. The Morgan fingerprint density at radius 1 is 1.00 bits per heavy atom. The second-order valence-corrected chi connectivity index (χ2v) is 7.33. The predicted octanol–water partition coefficient (Wildman–Crippen LogP) is 3.61. The normalized spacial score (nSPS) is 10.7. The van der Waals surface area contributed by atoms with Crippen LogP contribution < -0.4 is 10.6 Å². The SMILES string of the molecule is Cc1cc(C)cc(C(=O)NCC(=O)NCCc2csc3ccccc23)c1. The average Bonchev–Trinajstić information content (AvgIpc) is 3.02. The van der Waals surface area contributed by atoms with Gasteiger partial charge >= 0.3 is 0 Å². The largest absolute Gasteiger partial charge is 0.354 e. The van der Waals surface area contributed by atoms with Crippen molar-refractivity contribution in [2.24, 2.45) is 0 Å². The smallest absolute Gasteiger partial charge is 0.251 e. The van der Waals surface area contributed by atoms with E-state index in [2.05, 4.69) is 28.1 Å². The number of aryl methyl sites for hydroxylation is 2. The van der Waals surface area contributed by atoms with Gasteiger partial charge in [0.05, 0.1) is 6.54 Å². The van der Waals surface area contributed by atoms with Crippen LogP contribution in [0.4, 0.5) is 0 Å². The van der Waals surface area contributed by atoms with Gasteiger partial charge in [-0.3, -0.25) is 9.59 Å². The van der Waals surface area contributed by atoms with E-state index >= 15 is 0 Å². The highest BCUT2D eigenvalue weighted by Crippen LogP contribution is 2.25. The van der Waals surface area contributed by atoms with Gasteiger partial charge < -0.3 is 10.6 Å². The van der Waals surface area contributed by atoms with Crippen molar-refractivity contribution >= 4 is 33.2 Å². The number of benzene rings is 2. The molecule has 1 aromatic heterocycles. The summed E-state index contributed by atoms with van der Waals surface area (Å²) in [5, 5.41) is 8.93. The van der Waals surface area contributed by atoms with Gasteiger partial charge in [0.2, 0.25) is 5.91 Å². The number of amides is 2. The number of fused-ring (bicyclic) bond motifs is 1. The Balaban J connectivity index is 1.46. The maximum absolute atomic E-state index is 12.2. The van der Waals surface area contributed by atoms with Gasteiger partial charge in [0.25, 0.3) is 5.91 Å². The standard InChI is InChI=1S/C21H22N2O2S/c1-14-9-15(2)11-17(10-14)21(25)23-12-20(24)22-8-7-16-13-26-19-6-4-3-5-18(16)19/h3-6,9-11,13H,7-8,12H2,1-2H3,(H,22,24)(H,23,25). The highest BCUT2D eigenvalue weighted by Gasteiger charge is 2.09. The number of nitrogens with one attached hydrogen (secondary N) is 2. The van der Waals surface area contributed by atoms with Crippen LogP contribution >= 0.6 is 11.3 Å². The van der Waals surface area contributed by atoms with Crippen molar-refractivity contribution < 1.29 is 9.59 Å². The van der Waals surface area contributed by atoms with Crippen LogP contribution in [-0.4, -0.2) is 24.9 Å². The van der Waals surface area contributed by atoms with Crippen molar-refractivity contribution in [3.63, 3.8) is 0 Å². The first-order chi connectivity index (χ1) is 12.5. The van der Waals surface area contributed by atoms with Crippen molar-refractivity contribution in [2.75, 3.05) is 13.1 Å². The maximum atomic E-state index is 12.2. The molecule has 5 heteroatoms. The molecule has 0 aliphatic carbocycles. The van der Waals surface area contributed by atoms with Crippen LogP contribution in [-0.2, 0) is 11.2 Å². The van der Waals surface area contributed by atoms with Gasteiger partial charge in [-0.2, -0.15) is 0 Å². The number of rotatable bonds is 6. The minimum atomic E-state index is -0.226. The minimum Gasteiger partial charge on any atom is -0.354 e. The zero-order valence-corrected chi connectivity index (χ0v) is 15.8. The van der Waals surface area contributed by atoms with Gasteiger partial charge in [0.1, 0.15) is 0 Å². The summed E-state index contributed by atoms with van der Waals surface area (Å²) >= 11 is 1.72. The lowest BCUT2D eigenvalue weighted by Gasteiger charge is -2.08. The average molecular weight is 366 g/mol. The summed E-state index contributed by atoms with van der Waals surface area (Å²) < 4.78 is 1.26. The number of hydrogen-bond donors (Lipinski definition) is 2. The summed E-state index contributed by atoms with van der Waals surface area (Å²) in [6, 6.07) is 13.9. The fraction of sp³-hybridized carbons (Fsp3) is 0.238. The number of carbonyl (C=O) groups is 2. The maximum Gasteiger partial charge on any atom is 0.251 e. The van der Waals surface area contributed by atoms with Gasteiger partial charge in [0.15, 0.2) is 0 Å². The van der Waals surface area contributed by atoms with E-state index in [-0.39, 0.29) is 18.4 Å². The first-order valence-corrected chi connectivity index (χ1v) is 9.49. The van der Waals surface area contributed by atoms with Crippen molar-refractivity contribution in [1.29, 1.82) is 0 Å². The molecular weight excluding hydrogens is 344 g/mol. The molecule has 4 nitrogen and oxygen atoms in total. The Kier molecular flexibility index (Phi) is 5.68. The van der Waals surface area contributed by atoms with Crippen LogP contribution in [0.3, 0.4) is 0 Å². The van der Waals surface area contributed by atoms with Crippen molar-refractivity contribution in [3.05, 3.63) is 70.1 Å². The number of hydrogen-bond acceptors (Lipinski definition) is 3. The van der Waals surface area contributed by atoms with Gasteiger partial charge in [-0.25, -0.2) is 0 Å². The van der Waals surface area contributed by atoms with Gasteiger partial charge in [-0.05, 0) is 54.8 Å². The quantitative estimate of drug-likeness (QED) is 0.700. The molecule has 0 saturated carbocycles. The second kappa shape index (κ2) is 8.15. The molecule has 0 bridgehead atoms. The molecule has 134 valence electrons. The molecule has 0 spiro atoms. The van der Waals surface area contributed by atoms with E-state index in [1.165, 1.54) is 15.6 Å². The number of thiophene rings is 1. The van der Waals surface area contributed by atoms with E-state index in [1.807, 2.05) is 44.2 Å². The highest BCUT2D eigenvalue weighted by atomic mass is 32.1. The second-order valence-electron chi connectivity index (χ2n) is 6.42. The van der Waals surface area contributed by atoms with Gasteiger partial charge in [0, 0.05) is 16.8 Å². The third-order valence-corrected chi connectivity index (χ3v) is 5.18. The van der Waals surface area contributed by atoms with Crippen LogP contribution in [0.2, 0.25) is 0 Å². The van der Waals surface area contributed by atoms with Crippen LogP contribution in [0, 0.1) is 13.8 Å². The zero-order valence-electron chi connectivity index (χ0n) is 15.0. The third-order valence-electron chi connectivity index (χ3n) is 4.17. The number of carbonyl (C=O) groups excluding carboxylic acids is 2. The highest BCUT2D eigenvalue weighted by molar-refractivity contribution is 7.17. The van der Waals surface area contributed by atoms with E-state index in [1.54, 1.807) is 11.3 Å².